The van der Waals surface area contributed by atoms with Crippen LogP contribution in [0, 0.1) is 0 Å². The van der Waals surface area contributed by atoms with Crippen LogP contribution in [-0.4, -0.2) is 71.9 Å². The van der Waals surface area contributed by atoms with Crippen molar-refractivity contribution in [2.75, 3.05) is 31.5 Å². The second-order valence-electron chi connectivity index (χ2n) is 8.59. The Morgan fingerprint density at radius 3 is 2.68 bits per heavy atom. The summed E-state index contributed by atoms with van der Waals surface area (Å²) in [6.07, 6.45) is 4.52. The molecule has 0 fully saturated rings. The third-order valence-corrected chi connectivity index (χ3v) is 6.21. The van der Waals surface area contributed by atoms with Gasteiger partial charge < -0.3 is 31.7 Å². The van der Waals surface area contributed by atoms with Crippen molar-refractivity contribution in [1.29, 1.82) is 0 Å². The van der Waals surface area contributed by atoms with Crippen molar-refractivity contribution in [3.8, 4) is 0 Å². The predicted molar refractivity (Wildman–Crippen MR) is 141 cm³/mol. The minimum absolute atomic E-state index is 0.0474. The van der Waals surface area contributed by atoms with Crippen LogP contribution in [-0.2, 0) is 14.4 Å². The molecule has 1 aliphatic carbocycles. The summed E-state index contributed by atoms with van der Waals surface area (Å²) in [7, 11) is 0. The SMILES string of the molecule is CC1(Cl)CC=CC(Cl)=C1C(=O)N[C@@H](CNC(=O)CNC(=O)c1cccc(NC2=NCCCN2)c1)C(=O)O. The van der Waals surface area contributed by atoms with E-state index < -0.39 is 47.7 Å². The number of carboxylic acid groups (broad SMARTS) is 1. The van der Waals surface area contributed by atoms with Gasteiger partial charge in [0.1, 0.15) is 6.04 Å². The van der Waals surface area contributed by atoms with E-state index in [2.05, 4.69) is 31.6 Å². The molecule has 1 aromatic carbocycles. The van der Waals surface area contributed by atoms with Crippen LogP contribution < -0.4 is 26.6 Å². The first-order chi connectivity index (χ1) is 17.6. The first kappa shape index (κ1) is 28.0. The standard InChI is InChI=1S/C24H28Cl2N6O5/c1-24(26)8-3-7-16(25)19(24)21(35)32-17(22(36)37)12-29-18(33)13-30-20(34)14-5-2-6-15(11-14)31-23-27-9-4-10-28-23/h2-3,5-7,11,17H,4,8-10,12-13H2,1H3,(H,29,33)(H,30,34)(H,32,35)(H,36,37)(H2,27,28,31)/t17-,24?/m0/s1. The fraction of sp³-hybridized carbons (Fsp3) is 0.375. The van der Waals surface area contributed by atoms with Crippen molar-refractivity contribution in [2.24, 2.45) is 4.99 Å². The van der Waals surface area contributed by atoms with Gasteiger partial charge in [-0.3, -0.25) is 19.4 Å². The summed E-state index contributed by atoms with van der Waals surface area (Å²) in [5.74, 6) is -2.61. The number of amides is 3. The normalized spacial score (nSPS) is 19.7. The van der Waals surface area contributed by atoms with Crippen molar-refractivity contribution in [3.63, 3.8) is 0 Å². The van der Waals surface area contributed by atoms with Crippen LogP contribution in [0.1, 0.15) is 30.1 Å². The van der Waals surface area contributed by atoms with Crippen LogP contribution in [0.15, 0.2) is 52.0 Å². The molecule has 1 aliphatic heterocycles. The van der Waals surface area contributed by atoms with Gasteiger partial charge >= 0.3 is 5.97 Å². The molecule has 0 aromatic heterocycles. The molecular formula is C24H28Cl2N6O5. The fourth-order valence-corrected chi connectivity index (χ4v) is 4.33. The molecule has 2 aliphatic rings. The van der Waals surface area contributed by atoms with Gasteiger partial charge in [-0.1, -0.05) is 23.7 Å². The van der Waals surface area contributed by atoms with E-state index >= 15 is 0 Å². The Hall–Kier alpha value is -3.57. The lowest BCUT2D eigenvalue weighted by atomic mass is 9.91. The van der Waals surface area contributed by atoms with E-state index in [0.717, 1.165) is 13.0 Å². The van der Waals surface area contributed by atoms with Crippen LogP contribution in [0.3, 0.4) is 0 Å². The van der Waals surface area contributed by atoms with E-state index in [9.17, 15) is 24.3 Å². The topological polar surface area (TPSA) is 161 Å². The van der Waals surface area contributed by atoms with Gasteiger partial charge in [-0.25, -0.2) is 4.79 Å². The molecule has 0 saturated carbocycles. The number of aliphatic imine (C=N–C) groups is 1. The Bertz CT molecular complexity index is 1160. The summed E-state index contributed by atoms with van der Waals surface area (Å²) >= 11 is 12.5. The number of halogens is 2. The molecule has 198 valence electrons. The molecule has 0 spiro atoms. The number of hydrogen-bond acceptors (Lipinski definition) is 7. The lowest BCUT2D eigenvalue weighted by molar-refractivity contribution is -0.141. The number of carbonyl (C=O) groups is 4. The highest BCUT2D eigenvalue weighted by molar-refractivity contribution is 6.37. The molecule has 0 bridgehead atoms. The van der Waals surface area contributed by atoms with E-state index in [1.54, 1.807) is 37.3 Å². The number of nitrogens with zero attached hydrogens (tertiary/aromatic N) is 1. The summed E-state index contributed by atoms with van der Waals surface area (Å²) in [5, 5.41) is 23.0. The predicted octanol–water partition coefficient (Wildman–Crippen LogP) is 1.31. The van der Waals surface area contributed by atoms with Gasteiger partial charge in [-0.2, -0.15) is 0 Å². The van der Waals surface area contributed by atoms with Crippen molar-refractivity contribution in [2.45, 2.75) is 30.7 Å². The number of anilines is 1. The third-order valence-electron chi connectivity index (χ3n) is 5.55. The number of nitrogens with one attached hydrogen (secondary N) is 5. The highest BCUT2D eigenvalue weighted by atomic mass is 35.5. The van der Waals surface area contributed by atoms with Crippen LogP contribution in [0.5, 0.6) is 0 Å². The summed E-state index contributed by atoms with van der Waals surface area (Å²) in [5.41, 5.74) is 1.02. The van der Waals surface area contributed by atoms with Gasteiger partial charge in [0.2, 0.25) is 5.91 Å². The van der Waals surface area contributed by atoms with Crippen LogP contribution in [0.2, 0.25) is 0 Å². The maximum absolute atomic E-state index is 12.7. The number of carbonyl (C=O) groups excluding carboxylic acids is 3. The molecule has 0 saturated heterocycles. The number of carboxylic acids is 1. The molecule has 13 heteroatoms. The zero-order valence-corrected chi connectivity index (χ0v) is 21.6. The molecule has 1 heterocycles. The Morgan fingerprint density at radius 2 is 2.00 bits per heavy atom. The first-order valence-corrected chi connectivity index (χ1v) is 12.3. The Balaban J connectivity index is 1.50. The van der Waals surface area contributed by atoms with Crippen molar-refractivity contribution < 1.29 is 24.3 Å². The number of allylic oxidation sites excluding steroid dienone is 3. The molecular weight excluding hydrogens is 523 g/mol. The largest absolute Gasteiger partial charge is 0.480 e. The van der Waals surface area contributed by atoms with Gasteiger partial charge in [0, 0.05) is 30.9 Å². The van der Waals surface area contributed by atoms with Crippen LogP contribution >= 0.6 is 23.2 Å². The maximum atomic E-state index is 12.7. The smallest absolute Gasteiger partial charge is 0.328 e. The highest BCUT2D eigenvalue weighted by Crippen LogP contribution is 2.36. The summed E-state index contributed by atoms with van der Waals surface area (Å²) in [6, 6.07) is 5.24. The van der Waals surface area contributed by atoms with Gasteiger partial charge in [0.05, 0.1) is 22.0 Å². The monoisotopic (exact) mass is 550 g/mol. The summed E-state index contributed by atoms with van der Waals surface area (Å²) in [6.45, 7) is 2.31. The number of aliphatic carboxylic acids is 1. The number of benzene rings is 1. The van der Waals surface area contributed by atoms with Gasteiger partial charge in [0.15, 0.2) is 5.96 Å². The van der Waals surface area contributed by atoms with Crippen LogP contribution in [0.25, 0.3) is 0 Å². The van der Waals surface area contributed by atoms with Crippen molar-refractivity contribution in [1.82, 2.24) is 21.3 Å². The van der Waals surface area contributed by atoms with Crippen molar-refractivity contribution >= 4 is 58.5 Å². The van der Waals surface area contributed by atoms with Crippen molar-refractivity contribution in [3.05, 3.63) is 52.6 Å². The highest BCUT2D eigenvalue weighted by Gasteiger charge is 2.36. The molecule has 11 nitrogen and oxygen atoms in total. The van der Waals surface area contributed by atoms with E-state index in [1.165, 1.54) is 6.08 Å². The summed E-state index contributed by atoms with van der Waals surface area (Å²) in [4.78, 5) is 52.3. The minimum Gasteiger partial charge on any atom is -0.480 e. The number of rotatable bonds is 9. The Labute approximate surface area is 223 Å². The average molecular weight is 551 g/mol. The zero-order valence-electron chi connectivity index (χ0n) is 20.1. The molecule has 2 atom stereocenters. The first-order valence-electron chi connectivity index (χ1n) is 11.6. The molecule has 6 N–H and O–H groups in total. The molecule has 3 rings (SSSR count). The van der Waals surface area contributed by atoms with E-state index in [1.807, 2.05) is 0 Å². The lowest BCUT2D eigenvalue weighted by Gasteiger charge is -2.28. The van der Waals surface area contributed by atoms with Gasteiger partial charge in [0.25, 0.3) is 11.8 Å². The summed E-state index contributed by atoms with van der Waals surface area (Å²) < 4.78 is 0. The molecule has 3 amide bonds. The third kappa shape index (κ3) is 7.96. The molecule has 1 aromatic rings. The lowest BCUT2D eigenvalue weighted by Crippen LogP contribution is -2.51. The second-order valence-corrected chi connectivity index (χ2v) is 9.84. The van der Waals surface area contributed by atoms with Gasteiger partial charge in [-0.15, -0.1) is 11.6 Å². The van der Waals surface area contributed by atoms with Crippen LogP contribution in [0.4, 0.5) is 5.69 Å². The minimum atomic E-state index is -1.44. The maximum Gasteiger partial charge on any atom is 0.328 e. The number of alkyl halides is 1. The molecule has 1 unspecified atom stereocenters. The zero-order chi connectivity index (χ0) is 27.0. The van der Waals surface area contributed by atoms with E-state index in [4.69, 9.17) is 23.2 Å². The van der Waals surface area contributed by atoms with E-state index in [0.29, 0.717) is 30.2 Å². The van der Waals surface area contributed by atoms with Gasteiger partial charge in [-0.05, 0) is 44.0 Å². The molecule has 0 radical (unpaired) electrons. The van der Waals surface area contributed by atoms with E-state index in [-0.39, 0.29) is 10.6 Å². The fourth-order valence-electron chi connectivity index (χ4n) is 3.63. The average Bonchev–Trinajstić information content (AvgIpc) is 2.85. The molecule has 37 heavy (non-hydrogen) atoms. The number of hydrogen-bond donors (Lipinski definition) is 6. The quantitative estimate of drug-likeness (QED) is 0.252. The number of guanidine groups is 1. The second kappa shape index (κ2) is 12.6. The Morgan fingerprint density at radius 1 is 1.22 bits per heavy atom. The Kier molecular flexibility index (Phi) is 9.54.